The predicted molar refractivity (Wildman–Crippen MR) is 101 cm³/mol. The molecule has 6 heteroatoms. The lowest BCUT2D eigenvalue weighted by Gasteiger charge is -2.24. The summed E-state index contributed by atoms with van der Waals surface area (Å²) in [6.45, 7) is 0.375. The molecule has 2 amide bonds. The first-order valence-electron chi connectivity index (χ1n) is 8.89. The number of benzene rings is 2. The van der Waals surface area contributed by atoms with E-state index in [2.05, 4.69) is 15.4 Å². The average molecular weight is 366 g/mol. The van der Waals surface area contributed by atoms with E-state index in [0.717, 1.165) is 16.8 Å². The van der Waals surface area contributed by atoms with E-state index in [1.165, 1.54) is 7.11 Å². The lowest BCUT2D eigenvalue weighted by Crippen LogP contribution is -2.31. The highest BCUT2D eigenvalue weighted by Gasteiger charge is 2.26. The second-order valence-corrected chi connectivity index (χ2v) is 6.55. The monoisotopic (exact) mass is 366 g/mol. The Morgan fingerprint density at radius 1 is 1.15 bits per heavy atom. The zero-order valence-corrected chi connectivity index (χ0v) is 15.2. The molecule has 1 aliphatic heterocycles. The van der Waals surface area contributed by atoms with Crippen LogP contribution >= 0.6 is 0 Å². The minimum Gasteiger partial charge on any atom is -0.465 e. The third kappa shape index (κ3) is 4.73. The van der Waals surface area contributed by atoms with Crippen LogP contribution in [0.5, 0.6) is 0 Å². The number of para-hydroxylation sites is 1. The van der Waals surface area contributed by atoms with E-state index < -0.39 is 5.97 Å². The van der Waals surface area contributed by atoms with Crippen LogP contribution in [0.15, 0.2) is 48.5 Å². The van der Waals surface area contributed by atoms with E-state index in [0.29, 0.717) is 31.4 Å². The summed E-state index contributed by atoms with van der Waals surface area (Å²) in [4.78, 5) is 35.7. The quantitative estimate of drug-likeness (QED) is 0.770. The van der Waals surface area contributed by atoms with Gasteiger partial charge in [0.05, 0.1) is 12.7 Å². The van der Waals surface area contributed by atoms with Crippen molar-refractivity contribution in [1.29, 1.82) is 0 Å². The summed E-state index contributed by atoms with van der Waals surface area (Å²) in [7, 11) is 1.33. The molecule has 2 aromatic rings. The van der Waals surface area contributed by atoms with E-state index >= 15 is 0 Å². The Bertz CT molecular complexity index is 846. The zero-order chi connectivity index (χ0) is 19.2. The van der Waals surface area contributed by atoms with Crippen molar-refractivity contribution in [2.24, 2.45) is 5.92 Å². The van der Waals surface area contributed by atoms with Gasteiger partial charge in [-0.3, -0.25) is 9.59 Å². The fourth-order valence-electron chi connectivity index (χ4n) is 3.12. The Balaban J connectivity index is 1.46. The third-order valence-electron chi connectivity index (χ3n) is 4.70. The minimum atomic E-state index is -0.391. The van der Waals surface area contributed by atoms with Crippen molar-refractivity contribution in [2.75, 3.05) is 12.4 Å². The number of carbonyl (C=O) groups is 3. The van der Waals surface area contributed by atoms with Gasteiger partial charge in [-0.15, -0.1) is 0 Å². The van der Waals surface area contributed by atoms with Crippen molar-refractivity contribution in [3.05, 3.63) is 65.2 Å². The first-order valence-corrected chi connectivity index (χ1v) is 8.89. The minimum absolute atomic E-state index is 0.0279. The lowest BCUT2D eigenvalue weighted by molar-refractivity contribution is -0.123. The number of esters is 1. The molecule has 1 atom stereocenters. The highest BCUT2D eigenvalue weighted by molar-refractivity contribution is 5.96. The highest BCUT2D eigenvalue weighted by Crippen LogP contribution is 2.27. The van der Waals surface area contributed by atoms with Gasteiger partial charge in [-0.25, -0.2) is 4.79 Å². The molecule has 0 bridgehead atoms. The van der Waals surface area contributed by atoms with Crippen LogP contribution in [0, 0.1) is 5.92 Å². The maximum atomic E-state index is 12.2. The molecule has 2 N–H and O–H groups in total. The number of nitrogens with one attached hydrogen (secondary N) is 2. The van der Waals surface area contributed by atoms with Crippen molar-refractivity contribution in [3.63, 3.8) is 0 Å². The lowest BCUT2D eigenvalue weighted by atomic mass is 9.89. The molecule has 27 heavy (non-hydrogen) atoms. The molecule has 0 saturated heterocycles. The molecule has 1 heterocycles. The summed E-state index contributed by atoms with van der Waals surface area (Å²) in [5.74, 6) is -0.707. The number of hydrogen-bond donors (Lipinski definition) is 2. The second-order valence-electron chi connectivity index (χ2n) is 6.55. The summed E-state index contributed by atoms with van der Waals surface area (Å²) in [5, 5.41) is 5.75. The Hall–Kier alpha value is -3.15. The predicted octanol–water partition coefficient (Wildman–Crippen LogP) is 2.68. The molecule has 0 radical (unpaired) electrons. The maximum Gasteiger partial charge on any atom is 0.337 e. The molecule has 6 nitrogen and oxygen atoms in total. The van der Waals surface area contributed by atoms with Crippen molar-refractivity contribution in [1.82, 2.24) is 5.32 Å². The van der Waals surface area contributed by atoms with E-state index in [1.807, 2.05) is 24.3 Å². The van der Waals surface area contributed by atoms with Gasteiger partial charge in [0.2, 0.25) is 11.8 Å². The number of fused-ring (bicyclic) bond motifs is 1. The standard InChI is InChI=1S/C21H22N2O4/c1-27-21(26)15-8-6-14(7-9-15)13-22-19(24)11-10-17-12-16-4-2-3-5-18(16)23-20(17)25/h2-9,17H,10-13H2,1H3,(H,22,24)(H,23,25)/t17-/m1/s1. The van der Waals surface area contributed by atoms with E-state index in [4.69, 9.17) is 0 Å². The van der Waals surface area contributed by atoms with Gasteiger partial charge in [0, 0.05) is 24.6 Å². The topological polar surface area (TPSA) is 84.5 Å². The first kappa shape index (κ1) is 18.6. The molecule has 0 aliphatic carbocycles. The van der Waals surface area contributed by atoms with Gasteiger partial charge in [0.25, 0.3) is 0 Å². The fourth-order valence-corrected chi connectivity index (χ4v) is 3.12. The Morgan fingerprint density at radius 3 is 2.63 bits per heavy atom. The van der Waals surface area contributed by atoms with Crippen LogP contribution in [0.2, 0.25) is 0 Å². The Kier molecular flexibility index (Phi) is 5.86. The van der Waals surface area contributed by atoms with Crippen LogP contribution in [-0.4, -0.2) is 24.9 Å². The average Bonchev–Trinajstić information content (AvgIpc) is 2.70. The molecule has 0 saturated carbocycles. The molecule has 0 aromatic heterocycles. The van der Waals surface area contributed by atoms with Gasteiger partial charge in [0.15, 0.2) is 0 Å². The zero-order valence-electron chi connectivity index (χ0n) is 15.2. The summed E-state index contributed by atoms with van der Waals surface area (Å²) in [6, 6.07) is 14.6. The maximum absolute atomic E-state index is 12.2. The van der Waals surface area contributed by atoms with E-state index in [9.17, 15) is 14.4 Å². The molecular formula is C21H22N2O4. The first-order chi connectivity index (χ1) is 13.1. The highest BCUT2D eigenvalue weighted by atomic mass is 16.5. The normalized spacial score (nSPS) is 15.4. The molecule has 2 aromatic carbocycles. The number of hydrogen-bond acceptors (Lipinski definition) is 4. The molecule has 0 fully saturated rings. The fraction of sp³-hybridized carbons (Fsp3) is 0.286. The van der Waals surface area contributed by atoms with Crippen molar-refractivity contribution >= 4 is 23.5 Å². The molecule has 1 aliphatic rings. The largest absolute Gasteiger partial charge is 0.465 e. The molecule has 0 spiro atoms. The van der Waals surface area contributed by atoms with Crippen LogP contribution in [0.1, 0.15) is 34.3 Å². The van der Waals surface area contributed by atoms with Crippen molar-refractivity contribution < 1.29 is 19.1 Å². The van der Waals surface area contributed by atoms with Gasteiger partial charge in [0.1, 0.15) is 0 Å². The SMILES string of the molecule is COC(=O)c1ccc(CNC(=O)CC[C@@H]2Cc3ccccc3NC2=O)cc1. The second kappa shape index (κ2) is 8.49. The number of ether oxygens (including phenoxy) is 1. The summed E-state index contributed by atoms with van der Waals surface area (Å²) < 4.78 is 4.65. The van der Waals surface area contributed by atoms with Gasteiger partial charge in [-0.05, 0) is 42.2 Å². The summed E-state index contributed by atoms with van der Waals surface area (Å²) in [5.41, 5.74) is 3.32. The number of rotatable bonds is 6. The van der Waals surface area contributed by atoms with Gasteiger partial charge in [-0.1, -0.05) is 30.3 Å². The van der Waals surface area contributed by atoms with E-state index in [-0.39, 0.29) is 17.7 Å². The van der Waals surface area contributed by atoms with Crippen LogP contribution in [0.25, 0.3) is 0 Å². The Labute approximate surface area is 157 Å². The van der Waals surface area contributed by atoms with Crippen LogP contribution in [-0.2, 0) is 27.3 Å². The van der Waals surface area contributed by atoms with Crippen LogP contribution in [0.3, 0.4) is 0 Å². The van der Waals surface area contributed by atoms with Crippen LogP contribution in [0.4, 0.5) is 5.69 Å². The molecular weight excluding hydrogens is 344 g/mol. The number of methoxy groups -OCH3 is 1. The van der Waals surface area contributed by atoms with Gasteiger partial charge < -0.3 is 15.4 Å². The van der Waals surface area contributed by atoms with E-state index in [1.54, 1.807) is 24.3 Å². The van der Waals surface area contributed by atoms with Crippen LogP contribution < -0.4 is 10.6 Å². The number of anilines is 1. The number of amides is 2. The smallest absolute Gasteiger partial charge is 0.337 e. The van der Waals surface area contributed by atoms with Crippen molar-refractivity contribution in [3.8, 4) is 0 Å². The summed E-state index contributed by atoms with van der Waals surface area (Å²) >= 11 is 0. The van der Waals surface area contributed by atoms with Gasteiger partial charge >= 0.3 is 5.97 Å². The third-order valence-corrected chi connectivity index (χ3v) is 4.70. The van der Waals surface area contributed by atoms with Crippen molar-refractivity contribution in [2.45, 2.75) is 25.8 Å². The number of carbonyl (C=O) groups excluding carboxylic acids is 3. The molecule has 3 rings (SSSR count). The Morgan fingerprint density at radius 2 is 1.89 bits per heavy atom. The van der Waals surface area contributed by atoms with Gasteiger partial charge in [-0.2, -0.15) is 0 Å². The molecule has 140 valence electrons. The molecule has 0 unspecified atom stereocenters. The summed E-state index contributed by atoms with van der Waals surface area (Å²) in [6.07, 6.45) is 1.46.